The minimum absolute atomic E-state index is 0.0177. The summed E-state index contributed by atoms with van der Waals surface area (Å²) >= 11 is 0. The molecule has 0 aliphatic rings. The monoisotopic (exact) mass is 267 g/mol. The van der Waals surface area contributed by atoms with Crippen molar-refractivity contribution in [1.29, 1.82) is 0 Å². The average molecular weight is 267 g/mol. The number of aryl methyl sites for hydroxylation is 1. The predicted octanol–water partition coefficient (Wildman–Crippen LogP) is 1.26. The fraction of sp³-hybridized carbons (Fsp3) is 0.643. The molecule has 1 aromatic rings. The predicted molar refractivity (Wildman–Crippen MR) is 75.7 cm³/mol. The lowest BCUT2D eigenvalue weighted by Crippen LogP contribution is -2.42. The van der Waals surface area contributed by atoms with Crippen molar-refractivity contribution in [2.75, 3.05) is 13.6 Å². The molecule has 19 heavy (non-hydrogen) atoms. The number of carbonyl (C=O) groups is 1. The number of rotatable bonds is 7. The van der Waals surface area contributed by atoms with Crippen LogP contribution in [0.15, 0.2) is 16.5 Å². The van der Waals surface area contributed by atoms with E-state index in [9.17, 15) is 4.79 Å². The van der Waals surface area contributed by atoms with E-state index in [-0.39, 0.29) is 18.0 Å². The van der Waals surface area contributed by atoms with Crippen molar-refractivity contribution in [3.05, 3.63) is 23.7 Å². The summed E-state index contributed by atoms with van der Waals surface area (Å²) in [5.74, 6) is 1.82. The van der Waals surface area contributed by atoms with Gasteiger partial charge >= 0.3 is 0 Å². The Labute approximate surface area is 115 Å². The van der Waals surface area contributed by atoms with Crippen LogP contribution in [0.5, 0.6) is 0 Å². The number of likely N-dealkylation sites (N-methyl/N-ethyl adjacent to an activating group) is 1. The van der Waals surface area contributed by atoms with E-state index in [0.29, 0.717) is 19.5 Å². The molecular formula is C14H25N3O2. The molecule has 0 bridgehead atoms. The Morgan fingerprint density at radius 3 is 2.63 bits per heavy atom. The van der Waals surface area contributed by atoms with E-state index >= 15 is 0 Å². The summed E-state index contributed by atoms with van der Waals surface area (Å²) < 4.78 is 5.54. The Bertz CT molecular complexity index is 401. The van der Waals surface area contributed by atoms with Gasteiger partial charge in [0, 0.05) is 25.0 Å². The first-order chi connectivity index (χ1) is 8.92. The van der Waals surface area contributed by atoms with Crippen LogP contribution in [0.25, 0.3) is 0 Å². The van der Waals surface area contributed by atoms with E-state index in [1.807, 2.05) is 40.0 Å². The first-order valence-corrected chi connectivity index (χ1v) is 6.67. The molecule has 1 heterocycles. The molecule has 1 atom stereocenters. The molecule has 0 fully saturated rings. The lowest BCUT2D eigenvalue weighted by Gasteiger charge is -2.26. The third-order valence-corrected chi connectivity index (χ3v) is 2.97. The van der Waals surface area contributed by atoms with Crippen molar-refractivity contribution in [3.8, 4) is 0 Å². The van der Waals surface area contributed by atoms with Crippen molar-refractivity contribution >= 4 is 5.91 Å². The molecule has 1 amide bonds. The molecule has 0 spiro atoms. The largest absolute Gasteiger partial charge is 0.465 e. The lowest BCUT2D eigenvalue weighted by atomic mass is 10.1. The van der Waals surface area contributed by atoms with Gasteiger partial charge in [0.05, 0.1) is 6.54 Å². The van der Waals surface area contributed by atoms with E-state index < -0.39 is 0 Å². The van der Waals surface area contributed by atoms with Crippen molar-refractivity contribution in [1.82, 2.24) is 10.2 Å². The molecule has 0 aliphatic carbocycles. The molecular weight excluding hydrogens is 242 g/mol. The second-order valence-corrected chi connectivity index (χ2v) is 5.24. The maximum Gasteiger partial charge on any atom is 0.221 e. The highest BCUT2D eigenvalue weighted by Crippen LogP contribution is 2.11. The molecule has 5 heteroatoms. The third-order valence-electron chi connectivity index (χ3n) is 2.97. The summed E-state index contributed by atoms with van der Waals surface area (Å²) in [6.45, 7) is 6.92. The summed E-state index contributed by atoms with van der Waals surface area (Å²) in [5, 5.41) is 2.89. The van der Waals surface area contributed by atoms with Crippen molar-refractivity contribution in [2.24, 2.45) is 5.73 Å². The smallest absolute Gasteiger partial charge is 0.221 e. The fourth-order valence-corrected chi connectivity index (χ4v) is 1.96. The van der Waals surface area contributed by atoms with Crippen LogP contribution in [-0.4, -0.2) is 36.5 Å². The van der Waals surface area contributed by atoms with Gasteiger partial charge in [-0.05, 0) is 40.0 Å². The SMILES string of the molecule is Cc1ccc(CN(C)C(CN)CC(=O)NC(C)C)o1. The summed E-state index contributed by atoms with van der Waals surface area (Å²) in [7, 11) is 1.96. The average Bonchev–Trinajstić information content (AvgIpc) is 2.70. The van der Waals surface area contributed by atoms with Crippen LogP contribution in [0.2, 0.25) is 0 Å². The first kappa shape index (κ1) is 15.7. The minimum Gasteiger partial charge on any atom is -0.465 e. The first-order valence-electron chi connectivity index (χ1n) is 6.67. The molecule has 3 N–H and O–H groups in total. The molecule has 0 saturated heterocycles. The summed E-state index contributed by atoms with van der Waals surface area (Å²) in [6, 6.07) is 4.06. The van der Waals surface area contributed by atoms with Crippen molar-refractivity contribution in [3.63, 3.8) is 0 Å². The van der Waals surface area contributed by atoms with Gasteiger partial charge in [-0.3, -0.25) is 9.69 Å². The van der Waals surface area contributed by atoms with Crippen LogP contribution >= 0.6 is 0 Å². The maximum absolute atomic E-state index is 11.8. The normalized spacial score (nSPS) is 13.0. The molecule has 1 rings (SSSR count). The highest BCUT2D eigenvalue weighted by molar-refractivity contribution is 5.76. The van der Waals surface area contributed by atoms with Crippen molar-refractivity contribution < 1.29 is 9.21 Å². The lowest BCUT2D eigenvalue weighted by molar-refractivity contribution is -0.122. The molecule has 108 valence electrons. The standard InChI is InChI=1S/C14H25N3O2/c1-10(2)16-14(18)7-12(8-15)17(4)9-13-6-5-11(3)19-13/h5-6,10,12H,7-9,15H2,1-4H3,(H,16,18). The quantitative estimate of drug-likeness (QED) is 0.780. The van der Waals surface area contributed by atoms with Gasteiger partial charge in [-0.25, -0.2) is 0 Å². The summed E-state index contributed by atoms with van der Waals surface area (Å²) in [6.07, 6.45) is 0.408. The zero-order valence-corrected chi connectivity index (χ0v) is 12.3. The van der Waals surface area contributed by atoms with Crippen LogP contribution in [0.4, 0.5) is 0 Å². The Hall–Kier alpha value is -1.33. The molecule has 5 nitrogen and oxygen atoms in total. The van der Waals surface area contributed by atoms with E-state index in [4.69, 9.17) is 10.2 Å². The third kappa shape index (κ3) is 5.44. The maximum atomic E-state index is 11.8. The molecule has 0 aliphatic heterocycles. The van der Waals surface area contributed by atoms with Crippen LogP contribution in [0.3, 0.4) is 0 Å². The van der Waals surface area contributed by atoms with Gasteiger partial charge in [-0.1, -0.05) is 0 Å². The highest BCUT2D eigenvalue weighted by atomic mass is 16.3. The van der Waals surface area contributed by atoms with Crippen LogP contribution in [-0.2, 0) is 11.3 Å². The van der Waals surface area contributed by atoms with Crippen LogP contribution in [0, 0.1) is 6.92 Å². The number of nitrogens with two attached hydrogens (primary N) is 1. The van der Waals surface area contributed by atoms with Crippen LogP contribution < -0.4 is 11.1 Å². The number of carbonyl (C=O) groups excluding carboxylic acids is 1. The van der Waals surface area contributed by atoms with Gasteiger partial charge in [0.15, 0.2) is 0 Å². The number of amides is 1. The molecule has 0 radical (unpaired) electrons. The minimum atomic E-state index is 0.0177. The Morgan fingerprint density at radius 1 is 1.47 bits per heavy atom. The number of nitrogens with zero attached hydrogens (tertiary/aromatic N) is 1. The molecule has 0 aromatic carbocycles. The molecule has 0 saturated carbocycles. The van der Waals surface area contributed by atoms with Crippen molar-refractivity contribution in [2.45, 2.75) is 45.8 Å². The van der Waals surface area contributed by atoms with Crippen LogP contribution in [0.1, 0.15) is 31.8 Å². The van der Waals surface area contributed by atoms with E-state index in [0.717, 1.165) is 11.5 Å². The van der Waals surface area contributed by atoms with E-state index in [1.165, 1.54) is 0 Å². The second-order valence-electron chi connectivity index (χ2n) is 5.24. The number of hydrogen-bond donors (Lipinski definition) is 2. The second kappa shape index (κ2) is 7.31. The highest BCUT2D eigenvalue weighted by Gasteiger charge is 2.18. The number of hydrogen-bond acceptors (Lipinski definition) is 4. The van der Waals surface area contributed by atoms with E-state index in [1.54, 1.807) is 0 Å². The Morgan fingerprint density at radius 2 is 2.16 bits per heavy atom. The van der Waals surface area contributed by atoms with Gasteiger partial charge in [0.1, 0.15) is 11.5 Å². The van der Waals surface area contributed by atoms with Gasteiger partial charge in [-0.15, -0.1) is 0 Å². The van der Waals surface area contributed by atoms with Gasteiger partial charge < -0.3 is 15.5 Å². The Kier molecular flexibility index (Phi) is 6.05. The molecule has 1 aromatic heterocycles. The fourth-order valence-electron chi connectivity index (χ4n) is 1.96. The summed E-state index contributed by atoms with van der Waals surface area (Å²) in [5.41, 5.74) is 5.76. The zero-order chi connectivity index (χ0) is 14.4. The van der Waals surface area contributed by atoms with Gasteiger partial charge in [-0.2, -0.15) is 0 Å². The van der Waals surface area contributed by atoms with Gasteiger partial charge in [0.2, 0.25) is 5.91 Å². The topological polar surface area (TPSA) is 71.5 Å². The summed E-state index contributed by atoms with van der Waals surface area (Å²) in [4.78, 5) is 13.8. The van der Waals surface area contributed by atoms with E-state index in [2.05, 4.69) is 10.2 Å². The Balaban J connectivity index is 2.51. The molecule has 1 unspecified atom stereocenters. The number of furan rings is 1. The van der Waals surface area contributed by atoms with Gasteiger partial charge in [0.25, 0.3) is 0 Å². The zero-order valence-electron chi connectivity index (χ0n) is 12.3. The number of nitrogens with one attached hydrogen (secondary N) is 1.